The smallest absolute Gasteiger partial charge is 0.338 e. The first kappa shape index (κ1) is 17.5. The van der Waals surface area contributed by atoms with Gasteiger partial charge in [0.1, 0.15) is 0 Å². The normalized spacial score (nSPS) is 16.0. The first-order chi connectivity index (χ1) is 13.1. The summed E-state index contributed by atoms with van der Waals surface area (Å²) in [7, 11) is 0. The summed E-state index contributed by atoms with van der Waals surface area (Å²) in [6, 6.07) is 9.47. The fraction of sp³-hybridized carbons (Fsp3) is 0.300. The zero-order valence-corrected chi connectivity index (χ0v) is 15.0. The number of hydrogen-bond donors (Lipinski definition) is 3. The molecule has 1 amide bonds. The van der Waals surface area contributed by atoms with Crippen molar-refractivity contribution in [3.63, 3.8) is 0 Å². The van der Waals surface area contributed by atoms with Gasteiger partial charge in [-0.25, -0.2) is 4.79 Å². The Kier molecular flexibility index (Phi) is 4.33. The molecule has 2 heterocycles. The molecule has 4 rings (SSSR count). The largest absolute Gasteiger partial charge is 0.462 e. The van der Waals surface area contributed by atoms with E-state index in [2.05, 4.69) is 9.88 Å². The summed E-state index contributed by atoms with van der Waals surface area (Å²) in [5.41, 5.74) is 8.25. The number of amides is 1. The lowest BCUT2D eigenvalue weighted by atomic mass is 9.96. The second kappa shape index (κ2) is 6.68. The molecule has 1 atom stereocenters. The number of nitrogens with two attached hydrogens (primary N) is 1. The van der Waals surface area contributed by atoms with Gasteiger partial charge >= 0.3 is 5.97 Å². The van der Waals surface area contributed by atoms with Gasteiger partial charge < -0.3 is 25.5 Å². The third kappa shape index (κ3) is 2.58. The fourth-order valence-electron chi connectivity index (χ4n) is 3.88. The molecule has 0 saturated heterocycles. The van der Waals surface area contributed by atoms with Crippen LogP contribution in [-0.4, -0.2) is 34.7 Å². The van der Waals surface area contributed by atoms with E-state index >= 15 is 0 Å². The zero-order chi connectivity index (χ0) is 19.1. The lowest BCUT2D eigenvalue weighted by Gasteiger charge is -2.12. The van der Waals surface area contributed by atoms with Crippen LogP contribution in [0, 0.1) is 0 Å². The Bertz CT molecular complexity index is 1070. The van der Waals surface area contributed by atoms with Crippen LogP contribution in [0.4, 0.5) is 0 Å². The molecule has 2 aromatic carbocycles. The zero-order valence-electron chi connectivity index (χ0n) is 15.0. The molecule has 1 aliphatic rings. The average molecular weight is 367 g/mol. The minimum absolute atomic E-state index is 0.208. The Morgan fingerprint density at radius 2 is 2.11 bits per heavy atom. The molecular weight excluding hydrogens is 346 g/mol. The summed E-state index contributed by atoms with van der Waals surface area (Å²) in [4.78, 5) is 25.2. The van der Waals surface area contributed by atoms with Crippen molar-refractivity contribution in [2.75, 3.05) is 13.2 Å². The molecule has 7 heteroatoms. The predicted octanol–water partition coefficient (Wildman–Crippen LogP) is 2.05. The number of para-hydroxylation sites is 1. The number of aliphatic hydroxyl groups excluding tert-OH is 1. The highest BCUT2D eigenvalue weighted by atomic mass is 16.5. The lowest BCUT2D eigenvalue weighted by molar-refractivity contribution is 0.0516. The number of ether oxygens (including phenoxy) is 1. The second-order valence-corrected chi connectivity index (χ2v) is 6.51. The van der Waals surface area contributed by atoms with Gasteiger partial charge in [-0.15, -0.1) is 0 Å². The highest BCUT2D eigenvalue weighted by Gasteiger charge is 2.36. The van der Waals surface area contributed by atoms with E-state index in [4.69, 9.17) is 10.5 Å². The molecule has 0 spiro atoms. The number of nitrogens with zero attached hydrogens (tertiary/aromatic N) is 1. The van der Waals surface area contributed by atoms with E-state index in [9.17, 15) is 14.7 Å². The van der Waals surface area contributed by atoms with Gasteiger partial charge in [0.05, 0.1) is 23.3 Å². The van der Waals surface area contributed by atoms with Crippen molar-refractivity contribution < 1.29 is 19.4 Å². The Hall–Kier alpha value is -2.90. The standard InChI is InChI=1S/C20H21N3O4/c1-2-27-20(26)12-10-14-15(17-16(12)18(24)22-19(17)25)11-6-3-4-7-13(11)23(14)9-5-8-21/h3-4,6-7,10,18,24H,2,5,8-9,21H2,1H3,(H,22,25). The number of rotatable bonds is 5. The highest BCUT2D eigenvalue weighted by Crippen LogP contribution is 2.39. The van der Waals surface area contributed by atoms with E-state index in [1.165, 1.54) is 0 Å². The van der Waals surface area contributed by atoms with Crippen LogP contribution in [0.25, 0.3) is 21.8 Å². The number of nitrogens with one attached hydrogen (secondary N) is 1. The van der Waals surface area contributed by atoms with Gasteiger partial charge in [0, 0.05) is 28.4 Å². The maximum atomic E-state index is 12.6. The van der Waals surface area contributed by atoms with Crippen LogP contribution >= 0.6 is 0 Å². The van der Waals surface area contributed by atoms with Gasteiger partial charge in [0.15, 0.2) is 6.23 Å². The summed E-state index contributed by atoms with van der Waals surface area (Å²) >= 11 is 0. The molecule has 140 valence electrons. The van der Waals surface area contributed by atoms with E-state index in [0.29, 0.717) is 18.7 Å². The van der Waals surface area contributed by atoms with Gasteiger partial charge in [0.2, 0.25) is 0 Å². The van der Waals surface area contributed by atoms with E-state index in [1.807, 2.05) is 24.3 Å². The van der Waals surface area contributed by atoms with Crippen molar-refractivity contribution in [3.8, 4) is 0 Å². The van der Waals surface area contributed by atoms with Gasteiger partial charge in [-0.2, -0.15) is 0 Å². The van der Waals surface area contributed by atoms with Crippen molar-refractivity contribution >= 4 is 33.7 Å². The molecule has 0 bridgehead atoms. The first-order valence-electron chi connectivity index (χ1n) is 9.02. The summed E-state index contributed by atoms with van der Waals surface area (Å²) in [5.74, 6) is -0.947. The minimum atomic E-state index is -1.23. The molecule has 0 saturated carbocycles. The van der Waals surface area contributed by atoms with Gasteiger partial charge in [-0.1, -0.05) is 18.2 Å². The molecule has 1 aliphatic heterocycles. The number of hydrogen-bond acceptors (Lipinski definition) is 5. The fourth-order valence-corrected chi connectivity index (χ4v) is 3.88. The number of aromatic nitrogens is 1. The van der Waals surface area contributed by atoms with Crippen molar-refractivity contribution in [1.82, 2.24) is 9.88 Å². The number of fused-ring (bicyclic) bond motifs is 5. The molecule has 0 fully saturated rings. The third-order valence-corrected chi connectivity index (χ3v) is 4.95. The van der Waals surface area contributed by atoms with Gasteiger partial charge in [-0.05, 0) is 32.0 Å². The summed E-state index contributed by atoms with van der Waals surface area (Å²) in [5, 5.41) is 14.5. The van der Waals surface area contributed by atoms with E-state index in [-0.39, 0.29) is 17.7 Å². The Morgan fingerprint density at radius 3 is 2.85 bits per heavy atom. The third-order valence-electron chi connectivity index (χ3n) is 4.95. The maximum Gasteiger partial charge on any atom is 0.338 e. The summed E-state index contributed by atoms with van der Waals surface area (Å²) < 4.78 is 7.23. The van der Waals surface area contributed by atoms with E-state index < -0.39 is 18.1 Å². The quantitative estimate of drug-likeness (QED) is 0.599. The number of aliphatic hydroxyl groups is 1. The number of esters is 1. The van der Waals surface area contributed by atoms with Crippen molar-refractivity contribution in [2.45, 2.75) is 26.1 Å². The van der Waals surface area contributed by atoms with Crippen molar-refractivity contribution in [3.05, 3.63) is 47.0 Å². The molecule has 1 unspecified atom stereocenters. The molecule has 4 N–H and O–H groups in total. The molecule has 1 aromatic heterocycles. The number of carbonyl (C=O) groups is 2. The number of aryl methyl sites for hydroxylation is 1. The van der Waals surface area contributed by atoms with Crippen molar-refractivity contribution in [2.24, 2.45) is 5.73 Å². The highest BCUT2D eigenvalue weighted by molar-refractivity contribution is 6.22. The van der Waals surface area contributed by atoms with E-state index in [0.717, 1.165) is 28.2 Å². The Morgan fingerprint density at radius 1 is 1.33 bits per heavy atom. The van der Waals surface area contributed by atoms with Crippen LogP contribution in [-0.2, 0) is 11.3 Å². The molecule has 7 nitrogen and oxygen atoms in total. The van der Waals surface area contributed by atoms with Crippen LogP contribution in [0.5, 0.6) is 0 Å². The Labute approximate surface area is 155 Å². The Balaban J connectivity index is 2.13. The summed E-state index contributed by atoms with van der Waals surface area (Å²) in [6.07, 6.45) is -0.475. The summed E-state index contributed by atoms with van der Waals surface area (Å²) in [6.45, 7) is 3.11. The topological polar surface area (TPSA) is 107 Å². The SMILES string of the molecule is CCOC(=O)c1cc2c(c3c1C(O)NC3=O)c1ccccc1n2CCCN. The van der Waals surface area contributed by atoms with Crippen LogP contribution < -0.4 is 11.1 Å². The maximum absolute atomic E-state index is 12.6. The van der Waals surface area contributed by atoms with Crippen LogP contribution in [0.3, 0.4) is 0 Å². The monoisotopic (exact) mass is 367 g/mol. The number of benzene rings is 2. The van der Waals surface area contributed by atoms with E-state index in [1.54, 1.807) is 13.0 Å². The molecule has 0 radical (unpaired) electrons. The van der Waals surface area contributed by atoms with Crippen LogP contribution in [0.2, 0.25) is 0 Å². The van der Waals surface area contributed by atoms with Gasteiger partial charge in [0.25, 0.3) is 5.91 Å². The molecule has 27 heavy (non-hydrogen) atoms. The molecule has 3 aromatic rings. The molecular formula is C20H21N3O4. The van der Waals surface area contributed by atoms with Crippen LogP contribution in [0.1, 0.15) is 45.9 Å². The second-order valence-electron chi connectivity index (χ2n) is 6.51. The first-order valence-corrected chi connectivity index (χ1v) is 9.02. The molecule has 0 aliphatic carbocycles. The lowest BCUT2D eigenvalue weighted by Crippen LogP contribution is -2.19. The predicted molar refractivity (Wildman–Crippen MR) is 101 cm³/mol. The van der Waals surface area contributed by atoms with Crippen LogP contribution in [0.15, 0.2) is 30.3 Å². The van der Waals surface area contributed by atoms with Crippen molar-refractivity contribution in [1.29, 1.82) is 0 Å². The minimum Gasteiger partial charge on any atom is -0.462 e. The van der Waals surface area contributed by atoms with Gasteiger partial charge in [-0.3, -0.25) is 4.79 Å². The average Bonchev–Trinajstić information content (AvgIpc) is 3.13. The number of carbonyl (C=O) groups excluding carboxylic acids is 2.